The second-order valence-electron chi connectivity index (χ2n) is 5.38. The molecule has 0 radical (unpaired) electrons. The van der Waals surface area contributed by atoms with Gasteiger partial charge in [0.25, 0.3) is 5.69 Å². The van der Waals surface area contributed by atoms with E-state index in [4.69, 9.17) is 4.74 Å². The van der Waals surface area contributed by atoms with Gasteiger partial charge in [-0.15, -0.1) is 0 Å². The van der Waals surface area contributed by atoms with Crippen molar-refractivity contribution >= 4 is 5.69 Å². The standard InChI is InChI=1S/C19H15NO5/c21-14-9-10-17(22)15(11-14)19-16(20(23)24)7-4-8-18(19)25-12-13-5-2-1-3-6-13/h1-11,21-22H,12H2. The van der Waals surface area contributed by atoms with E-state index < -0.39 is 4.92 Å². The van der Waals surface area contributed by atoms with E-state index in [0.717, 1.165) is 5.56 Å². The zero-order chi connectivity index (χ0) is 17.8. The molecule has 0 heterocycles. The maximum absolute atomic E-state index is 11.4. The number of rotatable bonds is 5. The first kappa shape index (κ1) is 16.3. The number of ether oxygens (including phenoxy) is 1. The lowest BCUT2D eigenvalue weighted by Crippen LogP contribution is -2.00. The number of nitro groups is 1. The second-order valence-corrected chi connectivity index (χ2v) is 5.38. The first-order chi connectivity index (χ1) is 12.1. The van der Waals surface area contributed by atoms with Gasteiger partial charge in [-0.05, 0) is 29.8 Å². The minimum Gasteiger partial charge on any atom is -0.508 e. The van der Waals surface area contributed by atoms with Crippen LogP contribution in [0.15, 0.2) is 66.7 Å². The van der Waals surface area contributed by atoms with Crippen LogP contribution < -0.4 is 4.74 Å². The zero-order valence-corrected chi connectivity index (χ0v) is 13.1. The Balaban J connectivity index is 2.08. The van der Waals surface area contributed by atoms with E-state index in [-0.39, 0.29) is 40.7 Å². The van der Waals surface area contributed by atoms with Gasteiger partial charge in [-0.1, -0.05) is 36.4 Å². The summed E-state index contributed by atoms with van der Waals surface area (Å²) in [5.74, 6) is -0.0458. The molecule has 25 heavy (non-hydrogen) atoms. The predicted octanol–water partition coefficient (Wildman–Crippen LogP) is 4.25. The molecule has 0 atom stereocenters. The van der Waals surface area contributed by atoms with Gasteiger partial charge in [-0.25, -0.2) is 0 Å². The van der Waals surface area contributed by atoms with Gasteiger partial charge in [0, 0.05) is 11.6 Å². The number of benzene rings is 3. The molecule has 6 heteroatoms. The van der Waals surface area contributed by atoms with Gasteiger partial charge < -0.3 is 14.9 Å². The van der Waals surface area contributed by atoms with Crippen LogP contribution in [0, 0.1) is 10.1 Å². The Morgan fingerprint density at radius 1 is 0.960 bits per heavy atom. The smallest absolute Gasteiger partial charge is 0.281 e. The molecule has 0 fully saturated rings. The van der Waals surface area contributed by atoms with Crippen molar-refractivity contribution in [3.63, 3.8) is 0 Å². The van der Waals surface area contributed by atoms with Crippen molar-refractivity contribution in [2.45, 2.75) is 6.61 Å². The normalized spacial score (nSPS) is 10.4. The fraction of sp³-hybridized carbons (Fsp3) is 0.0526. The number of phenols is 2. The van der Waals surface area contributed by atoms with Crippen molar-refractivity contribution in [2.75, 3.05) is 0 Å². The summed E-state index contributed by atoms with van der Waals surface area (Å²) in [6, 6.07) is 17.7. The van der Waals surface area contributed by atoms with E-state index in [2.05, 4.69) is 0 Å². The fourth-order valence-electron chi connectivity index (χ4n) is 2.52. The van der Waals surface area contributed by atoms with Crippen LogP contribution in [-0.4, -0.2) is 15.1 Å². The summed E-state index contributed by atoms with van der Waals surface area (Å²) in [4.78, 5) is 10.9. The Labute approximate surface area is 143 Å². The predicted molar refractivity (Wildman–Crippen MR) is 92.6 cm³/mol. The van der Waals surface area contributed by atoms with Crippen molar-refractivity contribution in [3.05, 3.63) is 82.4 Å². The van der Waals surface area contributed by atoms with Gasteiger partial charge in [-0.2, -0.15) is 0 Å². The largest absolute Gasteiger partial charge is 0.508 e. The maximum atomic E-state index is 11.4. The SMILES string of the molecule is O=[N+]([O-])c1cccc(OCc2ccccc2)c1-c1cc(O)ccc1O. The summed E-state index contributed by atoms with van der Waals surface area (Å²) in [6.45, 7) is 0.217. The highest BCUT2D eigenvalue weighted by Gasteiger charge is 2.23. The van der Waals surface area contributed by atoms with E-state index in [0.29, 0.717) is 0 Å². The number of phenolic OH excluding ortho intramolecular Hbond substituents is 2. The van der Waals surface area contributed by atoms with Crippen LogP contribution in [0.2, 0.25) is 0 Å². The second kappa shape index (κ2) is 6.92. The molecule has 3 aromatic carbocycles. The number of aromatic hydroxyl groups is 2. The Morgan fingerprint density at radius 2 is 1.72 bits per heavy atom. The molecule has 0 aliphatic heterocycles. The third kappa shape index (κ3) is 3.53. The van der Waals surface area contributed by atoms with Gasteiger partial charge in [0.1, 0.15) is 29.4 Å². The molecule has 0 unspecified atom stereocenters. The van der Waals surface area contributed by atoms with Crippen LogP contribution in [0.4, 0.5) is 5.69 Å². The fourth-order valence-corrected chi connectivity index (χ4v) is 2.52. The summed E-state index contributed by atoms with van der Waals surface area (Å²) in [7, 11) is 0. The van der Waals surface area contributed by atoms with Crippen LogP contribution in [0.3, 0.4) is 0 Å². The highest BCUT2D eigenvalue weighted by molar-refractivity contribution is 5.83. The lowest BCUT2D eigenvalue weighted by molar-refractivity contribution is -0.384. The molecule has 2 N–H and O–H groups in total. The van der Waals surface area contributed by atoms with Gasteiger partial charge in [0.15, 0.2) is 0 Å². The average molecular weight is 337 g/mol. The molecular weight excluding hydrogens is 322 g/mol. The van der Waals surface area contributed by atoms with E-state index in [1.807, 2.05) is 30.3 Å². The number of nitro benzene ring substituents is 1. The minimum absolute atomic E-state index is 0.111. The summed E-state index contributed by atoms with van der Waals surface area (Å²) < 4.78 is 5.77. The summed E-state index contributed by atoms with van der Waals surface area (Å²) in [6.07, 6.45) is 0. The molecule has 0 bridgehead atoms. The molecule has 0 saturated carbocycles. The average Bonchev–Trinajstić information content (AvgIpc) is 2.62. The molecule has 126 valence electrons. The van der Waals surface area contributed by atoms with Gasteiger partial charge in [0.05, 0.1) is 4.92 Å². The van der Waals surface area contributed by atoms with Crippen LogP contribution >= 0.6 is 0 Å². The highest BCUT2D eigenvalue weighted by Crippen LogP contribution is 2.43. The van der Waals surface area contributed by atoms with E-state index >= 15 is 0 Å². The Kier molecular flexibility index (Phi) is 4.52. The molecular formula is C19H15NO5. The minimum atomic E-state index is -0.547. The first-order valence-corrected chi connectivity index (χ1v) is 7.53. The maximum Gasteiger partial charge on any atom is 0.281 e. The quantitative estimate of drug-likeness (QED) is 0.412. The number of nitrogens with zero attached hydrogens (tertiary/aromatic N) is 1. The molecule has 0 aliphatic carbocycles. The van der Waals surface area contributed by atoms with Crippen molar-refractivity contribution in [1.29, 1.82) is 0 Å². The van der Waals surface area contributed by atoms with E-state index in [1.165, 1.54) is 30.3 Å². The Hall–Kier alpha value is -3.54. The topological polar surface area (TPSA) is 92.8 Å². The van der Waals surface area contributed by atoms with Gasteiger partial charge >= 0.3 is 0 Å². The third-order valence-electron chi connectivity index (χ3n) is 3.69. The summed E-state index contributed by atoms with van der Waals surface area (Å²) in [5.41, 5.74) is 0.943. The molecule has 3 aromatic rings. The molecule has 0 saturated heterocycles. The highest BCUT2D eigenvalue weighted by atomic mass is 16.6. The zero-order valence-electron chi connectivity index (χ0n) is 13.1. The lowest BCUT2D eigenvalue weighted by Gasteiger charge is -2.13. The lowest BCUT2D eigenvalue weighted by atomic mass is 10.0. The van der Waals surface area contributed by atoms with Crippen molar-refractivity contribution in [2.24, 2.45) is 0 Å². The Morgan fingerprint density at radius 3 is 2.44 bits per heavy atom. The van der Waals surface area contributed by atoms with Crippen molar-refractivity contribution in [3.8, 4) is 28.4 Å². The number of hydrogen-bond acceptors (Lipinski definition) is 5. The third-order valence-corrected chi connectivity index (χ3v) is 3.69. The van der Waals surface area contributed by atoms with E-state index in [9.17, 15) is 20.3 Å². The molecule has 0 spiro atoms. The Bertz CT molecular complexity index is 909. The van der Waals surface area contributed by atoms with Crippen LogP contribution in [0.25, 0.3) is 11.1 Å². The van der Waals surface area contributed by atoms with Crippen LogP contribution in [0.5, 0.6) is 17.2 Å². The summed E-state index contributed by atoms with van der Waals surface area (Å²) >= 11 is 0. The monoisotopic (exact) mass is 337 g/mol. The molecule has 6 nitrogen and oxygen atoms in total. The van der Waals surface area contributed by atoms with Crippen molar-refractivity contribution in [1.82, 2.24) is 0 Å². The molecule has 0 amide bonds. The molecule has 0 aromatic heterocycles. The number of hydrogen-bond donors (Lipinski definition) is 2. The first-order valence-electron chi connectivity index (χ1n) is 7.53. The summed E-state index contributed by atoms with van der Waals surface area (Å²) in [5, 5.41) is 31.2. The van der Waals surface area contributed by atoms with Crippen LogP contribution in [-0.2, 0) is 6.61 Å². The molecule has 0 aliphatic rings. The van der Waals surface area contributed by atoms with Gasteiger partial charge in [-0.3, -0.25) is 10.1 Å². The van der Waals surface area contributed by atoms with Crippen molar-refractivity contribution < 1.29 is 19.9 Å². The van der Waals surface area contributed by atoms with E-state index in [1.54, 1.807) is 6.07 Å². The molecule has 3 rings (SSSR count). The van der Waals surface area contributed by atoms with Gasteiger partial charge in [0.2, 0.25) is 0 Å². The van der Waals surface area contributed by atoms with Crippen LogP contribution in [0.1, 0.15) is 5.56 Å².